The standard InChI is InChI=1S/C10H13N.CH4/c1-2-6-10(11)9-7-4-3-5-8-9;/h3-5,7-8,11H,2,6H2,1H3;1H4. The Balaban J connectivity index is 0.00000121. The molecule has 0 spiro atoms. The molecule has 0 amide bonds. The third kappa shape index (κ3) is 2.87. The molecular formula is C11H17N. The van der Waals surface area contributed by atoms with Gasteiger partial charge in [-0.3, -0.25) is 0 Å². The maximum Gasteiger partial charge on any atom is 0.0386 e. The molecule has 1 aromatic rings. The van der Waals surface area contributed by atoms with Crippen LogP contribution in [0.15, 0.2) is 30.3 Å². The molecule has 12 heavy (non-hydrogen) atoms. The fourth-order valence-electron chi connectivity index (χ4n) is 1.03. The predicted molar refractivity (Wildman–Crippen MR) is 54.9 cm³/mol. The smallest absolute Gasteiger partial charge is 0.0386 e. The van der Waals surface area contributed by atoms with E-state index < -0.39 is 0 Å². The predicted octanol–water partition coefficient (Wildman–Crippen LogP) is 3.49. The second-order valence-electron chi connectivity index (χ2n) is 2.59. The molecule has 0 atom stereocenters. The van der Waals surface area contributed by atoms with Crippen LogP contribution in [0.1, 0.15) is 32.8 Å². The van der Waals surface area contributed by atoms with Crippen LogP contribution in [0, 0.1) is 5.41 Å². The van der Waals surface area contributed by atoms with E-state index in [1.807, 2.05) is 30.3 Å². The van der Waals surface area contributed by atoms with Crippen molar-refractivity contribution in [2.45, 2.75) is 27.2 Å². The summed E-state index contributed by atoms with van der Waals surface area (Å²) in [7, 11) is 0. The molecule has 0 aromatic heterocycles. The Morgan fingerprint density at radius 1 is 1.25 bits per heavy atom. The van der Waals surface area contributed by atoms with Gasteiger partial charge in [-0.05, 0) is 12.0 Å². The molecule has 1 heteroatoms. The zero-order valence-corrected chi connectivity index (χ0v) is 6.80. The molecule has 1 aromatic carbocycles. The highest BCUT2D eigenvalue weighted by Crippen LogP contribution is 2.03. The Bertz CT molecular complexity index is 226. The van der Waals surface area contributed by atoms with Gasteiger partial charge in [0.25, 0.3) is 0 Å². The summed E-state index contributed by atoms with van der Waals surface area (Å²) in [5.41, 5.74) is 1.79. The van der Waals surface area contributed by atoms with Crippen LogP contribution in [-0.4, -0.2) is 5.71 Å². The van der Waals surface area contributed by atoms with Crippen molar-refractivity contribution in [2.75, 3.05) is 0 Å². The zero-order chi connectivity index (χ0) is 8.10. The fraction of sp³-hybridized carbons (Fsp3) is 0.364. The van der Waals surface area contributed by atoms with Crippen molar-refractivity contribution in [3.05, 3.63) is 35.9 Å². The van der Waals surface area contributed by atoms with Gasteiger partial charge in [0.15, 0.2) is 0 Å². The second kappa shape index (κ2) is 5.53. The maximum absolute atomic E-state index is 7.63. The third-order valence-electron chi connectivity index (χ3n) is 1.62. The molecule has 0 aliphatic heterocycles. The van der Waals surface area contributed by atoms with E-state index in [0.717, 1.165) is 24.1 Å². The molecule has 0 heterocycles. The van der Waals surface area contributed by atoms with Crippen LogP contribution in [0.25, 0.3) is 0 Å². The molecule has 0 fully saturated rings. The lowest BCUT2D eigenvalue weighted by Gasteiger charge is -1.99. The SMILES string of the molecule is C.CCCC(=N)c1ccccc1. The Hall–Kier alpha value is -1.11. The summed E-state index contributed by atoms with van der Waals surface area (Å²) >= 11 is 0. The van der Waals surface area contributed by atoms with Crippen LogP contribution in [0.2, 0.25) is 0 Å². The normalized spacial score (nSPS) is 8.75. The van der Waals surface area contributed by atoms with Crippen molar-refractivity contribution in [1.29, 1.82) is 5.41 Å². The summed E-state index contributed by atoms with van der Waals surface area (Å²) in [6, 6.07) is 9.89. The molecule has 0 bridgehead atoms. The van der Waals surface area contributed by atoms with Crippen molar-refractivity contribution in [2.24, 2.45) is 0 Å². The van der Waals surface area contributed by atoms with Crippen molar-refractivity contribution >= 4 is 5.71 Å². The summed E-state index contributed by atoms with van der Waals surface area (Å²) in [4.78, 5) is 0. The van der Waals surface area contributed by atoms with Gasteiger partial charge in [0.2, 0.25) is 0 Å². The Morgan fingerprint density at radius 3 is 2.33 bits per heavy atom. The molecule has 1 nitrogen and oxygen atoms in total. The van der Waals surface area contributed by atoms with Crippen molar-refractivity contribution in [3.63, 3.8) is 0 Å². The molecule has 1 N–H and O–H groups in total. The molecule has 0 aliphatic rings. The molecule has 0 unspecified atom stereocenters. The first-order valence-corrected chi connectivity index (χ1v) is 3.97. The van der Waals surface area contributed by atoms with E-state index in [1.165, 1.54) is 0 Å². The third-order valence-corrected chi connectivity index (χ3v) is 1.62. The first-order valence-electron chi connectivity index (χ1n) is 3.97. The molecule has 0 saturated carbocycles. The summed E-state index contributed by atoms with van der Waals surface area (Å²) in [5, 5.41) is 7.63. The van der Waals surface area contributed by atoms with Gasteiger partial charge >= 0.3 is 0 Å². The Labute approximate surface area is 74.9 Å². The van der Waals surface area contributed by atoms with Gasteiger partial charge < -0.3 is 5.41 Å². The fourth-order valence-corrected chi connectivity index (χ4v) is 1.03. The molecule has 66 valence electrons. The van der Waals surface area contributed by atoms with Gasteiger partial charge in [-0.15, -0.1) is 0 Å². The minimum Gasteiger partial charge on any atom is -0.305 e. The summed E-state index contributed by atoms with van der Waals surface area (Å²) in [6.07, 6.45) is 1.93. The summed E-state index contributed by atoms with van der Waals surface area (Å²) < 4.78 is 0. The van der Waals surface area contributed by atoms with Crippen LogP contribution >= 0.6 is 0 Å². The van der Waals surface area contributed by atoms with Gasteiger partial charge in [-0.2, -0.15) is 0 Å². The highest BCUT2D eigenvalue weighted by atomic mass is 14.4. The highest BCUT2D eigenvalue weighted by Gasteiger charge is 1.96. The monoisotopic (exact) mass is 163 g/mol. The number of nitrogens with one attached hydrogen (secondary N) is 1. The Morgan fingerprint density at radius 2 is 1.83 bits per heavy atom. The van der Waals surface area contributed by atoms with E-state index in [2.05, 4.69) is 6.92 Å². The number of benzene rings is 1. The summed E-state index contributed by atoms with van der Waals surface area (Å²) in [6.45, 7) is 2.09. The molecule has 1 rings (SSSR count). The second-order valence-corrected chi connectivity index (χ2v) is 2.59. The van der Waals surface area contributed by atoms with Crippen molar-refractivity contribution in [1.82, 2.24) is 0 Å². The molecule has 0 saturated heterocycles. The minimum atomic E-state index is 0. The minimum absolute atomic E-state index is 0. The lowest BCUT2D eigenvalue weighted by molar-refractivity contribution is 0.986. The van der Waals surface area contributed by atoms with Gasteiger partial charge in [0.1, 0.15) is 0 Å². The van der Waals surface area contributed by atoms with Crippen LogP contribution < -0.4 is 0 Å². The number of hydrogen-bond acceptors (Lipinski definition) is 1. The van der Waals surface area contributed by atoms with E-state index in [4.69, 9.17) is 5.41 Å². The van der Waals surface area contributed by atoms with E-state index in [-0.39, 0.29) is 7.43 Å². The van der Waals surface area contributed by atoms with Crippen LogP contribution in [0.4, 0.5) is 0 Å². The maximum atomic E-state index is 7.63. The van der Waals surface area contributed by atoms with Crippen LogP contribution in [-0.2, 0) is 0 Å². The van der Waals surface area contributed by atoms with E-state index in [1.54, 1.807) is 0 Å². The van der Waals surface area contributed by atoms with Gasteiger partial charge in [-0.1, -0.05) is 51.1 Å². The van der Waals surface area contributed by atoms with E-state index >= 15 is 0 Å². The lowest BCUT2D eigenvalue weighted by atomic mass is 10.1. The number of hydrogen-bond donors (Lipinski definition) is 1. The molecule has 0 radical (unpaired) electrons. The largest absolute Gasteiger partial charge is 0.305 e. The molecular weight excluding hydrogens is 146 g/mol. The van der Waals surface area contributed by atoms with Gasteiger partial charge in [-0.25, -0.2) is 0 Å². The highest BCUT2D eigenvalue weighted by molar-refractivity contribution is 5.97. The quantitative estimate of drug-likeness (QED) is 0.659. The molecule has 0 aliphatic carbocycles. The van der Waals surface area contributed by atoms with Gasteiger partial charge in [0, 0.05) is 5.71 Å². The van der Waals surface area contributed by atoms with Crippen LogP contribution in [0.3, 0.4) is 0 Å². The first kappa shape index (κ1) is 10.9. The van der Waals surface area contributed by atoms with E-state index in [9.17, 15) is 0 Å². The zero-order valence-electron chi connectivity index (χ0n) is 6.80. The first-order chi connectivity index (χ1) is 5.34. The van der Waals surface area contributed by atoms with Gasteiger partial charge in [0.05, 0.1) is 0 Å². The van der Waals surface area contributed by atoms with Crippen molar-refractivity contribution < 1.29 is 0 Å². The number of rotatable bonds is 3. The summed E-state index contributed by atoms with van der Waals surface area (Å²) in [5.74, 6) is 0. The average Bonchev–Trinajstić information content (AvgIpc) is 2.07. The topological polar surface area (TPSA) is 23.9 Å². The lowest BCUT2D eigenvalue weighted by Crippen LogP contribution is -1.96. The average molecular weight is 163 g/mol. The van der Waals surface area contributed by atoms with Crippen molar-refractivity contribution in [3.8, 4) is 0 Å². The van der Waals surface area contributed by atoms with Crippen LogP contribution in [0.5, 0.6) is 0 Å². The van der Waals surface area contributed by atoms with E-state index in [0.29, 0.717) is 0 Å². The Kier molecular flexibility index (Phi) is 5.02.